The Morgan fingerprint density at radius 1 is 1.11 bits per heavy atom. The van der Waals surface area contributed by atoms with Gasteiger partial charge < -0.3 is 15.4 Å². The number of para-hydroxylation sites is 2. The summed E-state index contributed by atoms with van der Waals surface area (Å²) in [6, 6.07) is 18.7. The van der Waals surface area contributed by atoms with Crippen molar-refractivity contribution in [2.45, 2.75) is 13.3 Å². The molecule has 6 heteroatoms. The van der Waals surface area contributed by atoms with E-state index in [2.05, 4.69) is 15.6 Å². The number of hydrogen-bond acceptors (Lipinski definition) is 4. The molecule has 0 fully saturated rings. The Balaban J connectivity index is 1.55. The second-order valence-electron chi connectivity index (χ2n) is 6.12. The van der Waals surface area contributed by atoms with Gasteiger partial charge in [-0.25, -0.2) is 4.98 Å². The highest BCUT2D eigenvalue weighted by atomic mass is 35.5. The average molecular weight is 396 g/mol. The number of carbonyl (C=O) groups excluding carboxylic acids is 1. The fourth-order valence-corrected chi connectivity index (χ4v) is 2.92. The Morgan fingerprint density at radius 3 is 2.71 bits per heavy atom. The van der Waals surface area contributed by atoms with E-state index in [9.17, 15) is 4.79 Å². The normalized spacial score (nSPS) is 10.4. The van der Waals surface area contributed by atoms with Crippen molar-refractivity contribution in [2.75, 3.05) is 23.8 Å². The summed E-state index contributed by atoms with van der Waals surface area (Å²) >= 11 is 5.99. The van der Waals surface area contributed by atoms with Crippen LogP contribution >= 0.6 is 11.6 Å². The smallest absolute Gasteiger partial charge is 0.257 e. The van der Waals surface area contributed by atoms with E-state index in [1.165, 1.54) is 0 Å². The van der Waals surface area contributed by atoms with Crippen LogP contribution in [0.25, 0.3) is 0 Å². The number of carbonyl (C=O) groups is 1. The highest BCUT2D eigenvalue weighted by molar-refractivity contribution is 6.30. The number of anilines is 2. The molecule has 0 spiro atoms. The minimum Gasteiger partial charge on any atom is -0.492 e. The molecule has 2 N–H and O–H groups in total. The Labute approximate surface area is 169 Å². The van der Waals surface area contributed by atoms with Gasteiger partial charge in [0.2, 0.25) is 0 Å². The number of aromatic nitrogens is 1. The maximum Gasteiger partial charge on any atom is 0.257 e. The molecule has 0 bridgehead atoms. The highest BCUT2D eigenvalue weighted by Crippen LogP contribution is 2.24. The lowest BCUT2D eigenvalue weighted by Gasteiger charge is -2.11. The number of halogens is 1. The second-order valence-corrected chi connectivity index (χ2v) is 6.56. The highest BCUT2D eigenvalue weighted by Gasteiger charge is 2.10. The molecule has 0 saturated heterocycles. The van der Waals surface area contributed by atoms with Gasteiger partial charge in [-0.05, 0) is 55.3 Å². The zero-order chi connectivity index (χ0) is 19.8. The van der Waals surface area contributed by atoms with E-state index in [0.29, 0.717) is 29.4 Å². The van der Waals surface area contributed by atoms with Crippen molar-refractivity contribution in [2.24, 2.45) is 0 Å². The minimum absolute atomic E-state index is 0.231. The molecular formula is C22H22ClN3O2. The van der Waals surface area contributed by atoms with E-state index < -0.39 is 0 Å². The van der Waals surface area contributed by atoms with Crippen LogP contribution < -0.4 is 15.4 Å². The molecule has 5 nitrogen and oxygen atoms in total. The largest absolute Gasteiger partial charge is 0.492 e. The fourth-order valence-electron chi connectivity index (χ4n) is 2.71. The monoisotopic (exact) mass is 395 g/mol. The van der Waals surface area contributed by atoms with Crippen molar-refractivity contribution >= 4 is 29.0 Å². The third-order valence-electron chi connectivity index (χ3n) is 4.07. The predicted molar refractivity (Wildman–Crippen MR) is 113 cm³/mol. The lowest BCUT2D eigenvalue weighted by Crippen LogP contribution is -2.14. The van der Waals surface area contributed by atoms with Crippen molar-refractivity contribution < 1.29 is 9.53 Å². The first-order valence-corrected chi connectivity index (χ1v) is 9.51. The van der Waals surface area contributed by atoms with E-state index in [4.69, 9.17) is 16.3 Å². The molecule has 0 radical (unpaired) electrons. The van der Waals surface area contributed by atoms with Gasteiger partial charge in [0, 0.05) is 17.8 Å². The van der Waals surface area contributed by atoms with Crippen molar-refractivity contribution in [1.29, 1.82) is 0 Å². The number of hydrogen-bond donors (Lipinski definition) is 2. The molecule has 3 rings (SSSR count). The zero-order valence-corrected chi connectivity index (χ0v) is 16.4. The quantitative estimate of drug-likeness (QED) is 0.560. The van der Waals surface area contributed by atoms with Crippen molar-refractivity contribution in [3.05, 3.63) is 83.0 Å². The number of rotatable bonds is 8. The predicted octanol–water partition coefficient (Wildman–Crippen LogP) is 5.04. The summed E-state index contributed by atoms with van der Waals surface area (Å²) < 4.78 is 5.53. The standard InChI is InChI=1S/C22H22ClN3O2/c1-2-28-20-9-4-3-8-19(20)26-22(27)17-10-11-21(25-15-17)24-13-12-16-6-5-7-18(23)14-16/h3-11,14-15H,2,12-13H2,1H3,(H,24,25)(H,26,27). The topological polar surface area (TPSA) is 63.2 Å². The van der Waals surface area contributed by atoms with E-state index in [1.54, 1.807) is 18.3 Å². The van der Waals surface area contributed by atoms with Gasteiger partial charge in [-0.15, -0.1) is 0 Å². The Kier molecular flexibility index (Phi) is 6.87. The summed E-state index contributed by atoms with van der Waals surface area (Å²) in [7, 11) is 0. The SMILES string of the molecule is CCOc1ccccc1NC(=O)c1ccc(NCCc2cccc(Cl)c2)nc1. The molecule has 0 saturated carbocycles. The number of benzene rings is 2. The zero-order valence-electron chi connectivity index (χ0n) is 15.6. The van der Waals surface area contributed by atoms with Crippen LogP contribution in [0, 0.1) is 0 Å². The Hall–Kier alpha value is -3.05. The van der Waals surface area contributed by atoms with E-state index in [0.717, 1.165) is 23.6 Å². The van der Waals surface area contributed by atoms with Gasteiger partial charge in [0.05, 0.1) is 17.9 Å². The third kappa shape index (κ3) is 5.47. The number of nitrogens with zero attached hydrogens (tertiary/aromatic N) is 1. The maximum atomic E-state index is 12.5. The van der Waals surface area contributed by atoms with E-state index >= 15 is 0 Å². The van der Waals surface area contributed by atoms with Crippen LogP contribution in [0.15, 0.2) is 66.9 Å². The summed E-state index contributed by atoms with van der Waals surface area (Å²) in [5.74, 6) is 1.13. The first-order chi connectivity index (χ1) is 13.7. The summed E-state index contributed by atoms with van der Waals surface area (Å²) in [5.41, 5.74) is 2.27. The van der Waals surface area contributed by atoms with Gasteiger partial charge in [0.1, 0.15) is 11.6 Å². The summed E-state index contributed by atoms with van der Waals surface area (Å²) in [6.45, 7) is 3.16. The molecule has 3 aromatic rings. The summed E-state index contributed by atoms with van der Waals surface area (Å²) in [5, 5.41) is 6.85. The summed E-state index contributed by atoms with van der Waals surface area (Å²) in [4.78, 5) is 16.8. The first-order valence-electron chi connectivity index (χ1n) is 9.13. The van der Waals surface area contributed by atoms with Crippen LogP contribution in [0.3, 0.4) is 0 Å². The summed E-state index contributed by atoms with van der Waals surface area (Å²) in [6.07, 6.45) is 2.39. The molecule has 1 amide bonds. The van der Waals surface area contributed by atoms with Crippen LogP contribution in [0.2, 0.25) is 5.02 Å². The van der Waals surface area contributed by atoms with Crippen molar-refractivity contribution in [3.8, 4) is 5.75 Å². The van der Waals surface area contributed by atoms with Crippen LogP contribution in [0.1, 0.15) is 22.8 Å². The molecule has 144 valence electrons. The van der Waals surface area contributed by atoms with Crippen LogP contribution in [-0.2, 0) is 6.42 Å². The van der Waals surface area contributed by atoms with Gasteiger partial charge in [0.25, 0.3) is 5.91 Å². The molecule has 0 aliphatic rings. The van der Waals surface area contributed by atoms with Gasteiger partial charge in [0.15, 0.2) is 0 Å². The lowest BCUT2D eigenvalue weighted by molar-refractivity contribution is 0.102. The van der Waals surface area contributed by atoms with Crippen LogP contribution in [0.4, 0.5) is 11.5 Å². The molecule has 28 heavy (non-hydrogen) atoms. The van der Waals surface area contributed by atoms with E-state index in [-0.39, 0.29) is 5.91 Å². The molecule has 0 unspecified atom stereocenters. The average Bonchev–Trinajstić information content (AvgIpc) is 2.70. The van der Waals surface area contributed by atoms with Crippen LogP contribution in [0.5, 0.6) is 5.75 Å². The minimum atomic E-state index is -0.231. The van der Waals surface area contributed by atoms with Crippen molar-refractivity contribution in [3.63, 3.8) is 0 Å². The Morgan fingerprint density at radius 2 is 1.96 bits per heavy atom. The number of amides is 1. The third-order valence-corrected chi connectivity index (χ3v) is 4.30. The molecule has 1 heterocycles. The lowest BCUT2D eigenvalue weighted by atomic mass is 10.1. The Bertz CT molecular complexity index is 929. The molecule has 2 aromatic carbocycles. The van der Waals surface area contributed by atoms with Gasteiger partial charge in [-0.2, -0.15) is 0 Å². The number of ether oxygens (including phenoxy) is 1. The number of pyridine rings is 1. The van der Waals surface area contributed by atoms with Crippen molar-refractivity contribution in [1.82, 2.24) is 4.98 Å². The second kappa shape index (κ2) is 9.76. The van der Waals surface area contributed by atoms with Gasteiger partial charge >= 0.3 is 0 Å². The molecule has 0 aliphatic carbocycles. The first kappa shape index (κ1) is 19.7. The molecular weight excluding hydrogens is 374 g/mol. The fraction of sp³-hybridized carbons (Fsp3) is 0.182. The number of nitrogens with one attached hydrogen (secondary N) is 2. The van der Waals surface area contributed by atoms with E-state index in [1.807, 2.05) is 55.5 Å². The van der Waals surface area contributed by atoms with Crippen LogP contribution in [-0.4, -0.2) is 24.0 Å². The molecule has 0 aliphatic heterocycles. The molecule has 1 aromatic heterocycles. The maximum absolute atomic E-state index is 12.5. The van der Waals surface area contributed by atoms with Gasteiger partial charge in [-0.1, -0.05) is 35.9 Å². The molecule has 0 atom stereocenters. The van der Waals surface area contributed by atoms with Gasteiger partial charge in [-0.3, -0.25) is 4.79 Å².